The molecular weight excluding hydrogens is 262 g/mol. The fourth-order valence-corrected chi connectivity index (χ4v) is 2.44. The summed E-state index contributed by atoms with van der Waals surface area (Å²) >= 11 is 0. The summed E-state index contributed by atoms with van der Waals surface area (Å²) in [5, 5.41) is 4.17. The maximum atomic E-state index is 12.1. The molecule has 0 spiro atoms. The second-order valence-electron chi connectivity index (χ2n) is 5.25. The number of amides is 1. The smallest absolute Gasteiger partial charge is 0.271 e. The van der Waals surface area contributed by atoms with E-state index in [0.717, 1.165) is 37.3 Å². The van der Waals surface area contributed by atoms with Gasteiger partial charge >= 0.3 is 0 Å². The summed E-state index contributed by atoms with van der Waals surface area (Å²) in [5.41, 5.74) is 6.66. The molecule has 1 N–H and O–H groups in total. The van der Waals surface area contributed by atoms with Gasteiger partial charge < -0.3 is 4.90 Å². The monoisotopic (exact) mass is 285 g/mol. The third-order valence-electron chi connectivity index (χ3n) is 3.75. The molecule has 1 aliphatic rings. The number of allylic oxidation sites excluding steroid dienone is 2. The van der Waals surface area contributed by atoms with Gasteiger partial charge in [0.1, 0.15) is 0 Å². The minimum Gasteiger partial charge on any atom is -0.372 e. The van der Waals surface area contributed by atoms with Crippen LogP contribution in [0.3, 0.4) is 0 Å². The average Bonchev–Trinajstić information content (AvgIpc) is 2.92. The number of nitrogens with zero attached hydrogens (tertiary/aromatic N) is 2. The van der Waals surface area contributed by atoms with Crippen LogP contribution >= 0.6 is 0 Å². The number of rotatable bonds is 5. The van der Waals surface area contributed by atoms with Crippen molar-refractivity contribution >= 4 is 17.3 Å². The standard InChI is InChI=1S/C17H23N3O/c1-4-20(5-2)16-10-7-14(8-11-16)17(21)19-18-15-9-6-13(3)12-15/h7-8,10-12H,4-6,9H2,1-3H3,(H,19,21)/b18-15+. The van der Waals surface area contributed by atoms with Crippen LogP contribution in [0.15, 0.2) is 41.0 Å². The molecular formula is C17H23N3O. The number of hydrazone groups is 1. The summed E-state index contributed by atoms with van der Waals surface area (Å²) in [6.45, 7) is 8.24. The van der Waals surface area contributed by atoms with Crippen molar-refractivity contribution in [3.05, 3.63) is 41.5 Å². The van der Waals surface area contributed by atoms with E-state index in [4.69, 9.17) is 0 Å². The lowest BCUT2D eigenvalue weighted by molar-refractivity contribution is 0.0955. The van der Waals surface area contributed by atoms with Crippen LogP contribution in [0.4, 0.5) is 5.69 Å². The van der Waals surface area contributed by atoms with Gasteiger partial charge in [-0.1, -0.05) is 5.57 Å². The number of benzene rings is 1. The molecule has 4 nitrogen and oxygen atoms in total. The van der Waals surface area contributed by atoms with Crippen molar-refractivity contribution in [1.29, 1.82) is 0 Å². The second kappa shape index (κ2) is 7.07. The molecule has 1 aliphatic carbocycles. The lowest BCUT2D eigenvalue weighted by Gasteiger charge is -2.20. The Kier molecular flexibility index (Phi) is 5.14. The van der Waals surface area contributed by atoms with E-state index in [1.54, 1.807) is 0 Å². The Morgan fingerprint density at radius 2 is 1.86 bits per heavy atom. The quantitative estimate of drug-likeness (QED) is 0.843. The molecule has 1 amide bonds. The molecule has 0 unspecified atom stereocenters. The van der Waals surface area contributed by atoms with Crippen LogP contribution in [0.1, 0.15) is 44.0 Å². The highest BCUT2D eigenvalue weighted by molar-refractivity contribution is 6.00. The van der Waals surface area contributed by atoms with Gasteiger partial charge in [0, 0.05) is 24.3 Å². The number of hydrogen-bond donors (Lipinski definition) is 1. The van der Waals surface area contributed by atoms with Gasteiger partial charge in [0.15, 0.2) is 0 Å². The lowest BCUT2D eigenvalue weighted by atomic mass is 10.2. The third kappa shape index (κ3) is 3.94. The van der Waals surface area contributed by atoms with Gasteiger partial charge in [-0.05, 0) is 64.0 Å². The van der Waals surface area contributed by atoms with Crippen molar-refractivity contribution in [2.24, 2.45) is 5.10 Å². The molecule has 0 saturated carbocycles. The summed E-state index contributed by atoms with van der Waals surface area (Å²) < 4.78 is 0. The van der Waals surface area contributed by atoms with Gasteiger partial charge in [-0.2, -0.15) is 5.10 Å². The van der Waals surface area contributed by atoms with Crippen LogP contribution in [0, 0.1) is 0 Å². The molecule has 0 fully saturated rings. The molecule has 0 aliphatic heterocycles. The summed E-state index contributed by atoms with van der Waals surface area (Å²) in [5.74, 6) is -0.161. The molecule has 2 rings (SSSR count). The third-order valence-corrected chi connectivity index (χ3v) is 3.75. The average molecular weight is 285 g/mol. The highest BCUT2D eigenvalue weighted by atomic mass is 16.2. The zero-order valence-corrected chi connectivity index (χ0v) is 13.0. The van der Waals surface area contributed by atoms with Crippen molar-refractivity contribution in [2.75, 3.05) is 18.0 Å². The molecule has 21 heavy (non-hydrogen) atoms. The molecule has 1 aromatic carbocycles. The number of anilines is 1. The van der Waals surface area contributed by atoms with Crippen molar-refractivity contribution < 1.29 is 4.79 Å². The van der Waals surface area contributed by atoms with Crippen LogP contribution in [-0.4, -0.2) is 24.7 Å². The fourth-order valence-electron chi connectivity index (χ4n) is 2.44. The van der Waals surface area contributed by atoms with Gasteiger partial charge in [-0.3, -0.25) is 4.79 Å². The van der Waals surface area contributed by atoms with Gasteiger partial charge in [0.05, 0.1) is 5.71 Å². The Morgan fingerprint density at radius 1 is 1.19 bits per heavy atom. The molecule has 0 radical (unpaired) electrons. The number of nitrogens with one attached hydrogen (secondary N) is 1. The van der Waals surface area contributed by atoms with Crippen LogP contribution in [0.5, 0.6) is 0 Å². The van der Waals surface area contributed by atoms with Crippen molar-refractivity contribution in [3.8, 4) is 0 Å². The first-order chi connectivity index (χ1) is 10.1. The van der Waals surface area contributed by atoms with Crippen molar-refractivity contribution in [2.45, 2.75) is 33.6 Å². The first-order valence-electron chi connectivity index (χ1n) is 7.53. The minimum absolute atomic E-state index is 0.161. The SMILES string of the molecule is CCN(CC)c1ccc(C(=O)N/N=C2/C=C(C)CC2)cc1. The Balaban J connectivity index is 2.00. The van der Waals surface area contributed by atoms with E-state index in [1.807, 2.05) is 30.3 Å². The molecule has 112 valence electrons. The molecule has 0 saturated heterocycles. The molecule has 0 aromatic heterocycles. The molecule has 0 atom stereocenters. The Labute approximate surface area is 126 Å². The van der Waals surface area contributed by atoms with Gasteiger partial charge in [-0.15, -0.1) is 0 Å². The second-order valence-corrected chi connectivity index (χ2v) is 5.25. The maximum absolute atomic E-state index is 12.1. The van der Waals surface area contributed by atoms with Gasteiger partial charge in [0.25, 0.3) is 5.91 Å². The van der Waals surface area contributed by atoms with E-state index >= 15 is 0 Å². The number of carbonyl (C=O) groups is 1. The van der Waals surface area contributed by atoms with Gasteiger partial charge in [0.2, 0.25) is 0 Å². The molecule has 0 heterocycles. The van der Waals surface area contributed by atoms with Gasteiger partial charge in [-0.25, -0.2) is 5.43 Å². The van der Waals surface area contributed by atoms with E-state index in [9.17, 15) is 4.79 Å². The topological polar surface area (TPSA) is 44.7 Å². The van der Waals surface area contributed by atoms with Crippen LogP contribution < -0.4 is 10.3 Å². The largest absolute Gasteiger partial charge is 0.372 e. The van der Waals surface area contributed by atoms with E-state index in [2.05, 4.69) is 36.2 Å². The summed E-state index contributed by atoms with van der Waals surface area (Å²) in [6, 6.07) is 7.65. The first kappa shape index (κ1) is 15.3. The Hall–Kier alpha value is -2.10. The Bertz CT molecular complexity index is 554. The first-order valence-corrected chi connectivity index (χ1v) is 7.53. The lowest BCUT2D eigenvalue weighted by Crippen LogP contribution is -2.22. The van der Waals surface area contributed by atoms with E-state index in [-0.39, 0.29) is 5.91 Å². The minimum atomic E-state index is -0.161. The maximum Gasteiger partial charge on any atom is 0.271 e. The van der Waals surface area contributed by atoms with Crippen LogP contribution in [-0.2, 0) is 0 Å². The zero-order valence-electron chi connectivity index (χ0n) is 13.0. The zero-order chi connectivity index (χ0) is 15.2. The number of carbonyl (C=O) groups excluding carboxylic acids is 1. The normalized spacial score (nSPS) is 16.0. The van der Waals surface area contributed by atoms with E-state index < -0.39 is 0 Å². The van der Waals surface area contributed by atoms with E-state index in [0.29, 0.717) is 5.56 Å². The van der Waals surface area contributed by atoms with Crippen molar-refractivity contribution in [1.82, 2.24) is 5.43 Å². The highest BCUT2D eigenvalue weighted by Crippen LogP contribution is 2.16. The fraction of sp³-hybridized carbons (Fsp3) is 0.412. The Morgan fingerprint density at radius 3 is 2.38 bits per heavy atom. The molecule has 0 bridgehead atoms. The predicted molar refractivity (Wildman–Crippen MR) is 87.9 cm³/mol. The molecule has 4 heteroatoms. The van der Waals surface area contributed by atoms with Crippen molar-refractivity contribution in [3.63, 3.8) is 0 Å². The van der Waals surface area contributed by atoms with Crippen LogP contribution in [0.25, 0.3) is 0 Å². The van der Waals surface area contributed by atoms with E-state index in [1.165, 1.54) is 5.57 Å². The molecule has 1 aromatic rings. The summed E-state index contributed by atoms with van der Waals surface area (Å²) in [6.07, 6.45) is 3.98. The highest BCUT2D eigenvalue weighted by Gasteiger charge is 2.09. The summed E-state index contributed by atoms with van der Waals surface area (Å²) in [7, 11) is 0. The van der Waals surface area contributed by atoms with Crippen LogP contribution in [0.2, 0.25) is 0 Å². The number of hydrogen-bond acceptors (Lipinski definition) is 3. The summed E-state index contributed by atoms with van der Waals surface area (Å²) in [4.78, 5) is 14.3. The predicted octanol–water partition coefficient (Wildman–Crippen LogP) is 3.36.